The maximum absolute atomic E-state index is 12.4. The van der Waals surface area contributed by atoms with E-state index in [1.807, 2.05) is 61.5 Å². The number of aryl methyl sites for hydroxylation is 1. The van der Waals surface area contributed by atoms with Crippen molar-refractivity contribution >= 4 is 24.8 Å². The Hall–Kier alpha value is -3.93. The second-order valence-electron chi connectivity index (χ2n) is 7.96. The lowest BCUT2D eigenvalue weighted by Gasteiger charge is -2.19. The third kappa shape index (κ3) is 7.59. The summed E-state index contributed by atoms with van der Waals surface area (Å²) in [6.45, 7) is 2.36. The van der Waals surface area contributed by atoms with Gasteiger partial charge in [-0.05, 0) is 48.2 Å². The second kappa shape index (κ2) is 12.4. The number of amides is 2. The highest BCUT2D eigenvalue weighted by molar-refractivity contribution is 6.41. The van der Waals surface area contributed by atoms with E-state index in [0.29, 0.717) is 24.2 Å². The van der Waals surface area contributed by atoms with Crippen LogP contribution >= 0.6 is 0 Å². The zero-order valence-electron chi connectivity index (χ0n) is 19.0. The van der Waals surface area contributed by atoms with Gasteiger partial charge in [-0.25, -0.2) is 4.79 Å². The van der Waals surface area contributed by atoms with Crippen molar-refractivity contribution in [3.05, 3.63) is 101 Å². The molecule has 0 radical (unpaired) electrons. The number of allylic oxidation sites excluding steroid dienone is 1. The maximum Gasteiger partial charge on any atom is 0.453 e. The highest BCUT2D eigenvalue weighted by Gasteiger charge is 2.20. The first-order valence-electron chi connectivity index (χ1n) is 11.0. The predicted molar refractivity (Wildman–Crippen MR) is 133 cm³/mol. The van der Waals surface area contributed by atoms with Gasteiger partial charge in [-0.1, -0.05) is 60.2 Å². The molecule has 2 amide bonds. The van der Waals surface area contributed by atoms with Gasteiger partial charge < -0.3 is 20.7 Å². The minimum Gasteiger partial charge on any atom is -0.427 e. The average molecular weight is 454 g/mol. The van der Waals surface area contributed by atoms with E-state index >= 15 is 0 Å². The van der Waals surface area contributed by atoms with Gasteiger partial charge in [0.05, 0.1) is 17.3 Å². The Morgan fingerprint density at radius 3 is 2.62 bits per heavy atom. The Labute approximate surface area is 199 Å². The summed E-state index contributed by atoms with van der Waals surface area (Å²) in [5.41, 5.74) is 4.85. The molecular formula is C26H27BN4O3. The van der Waals surface area contributed by atoms with Crippen LogP contribution in [0.5, 0.6) is 0 Å². The van der Waals surface area contributed by atoms with Crippen molar-refractivity contribution in [3.8, 4) is 6.07 Å². The topological polar surface area (TPSA) is 118 Å². The molecule has 0 saturated carbocycles. The molecule has 4 N–H and O–H groups in total. The van der Waals surface area contributed by atoms with Gasteiger partial charge in [-0.15, -0.1) is 0 Å². The van der Waals surface area contributed by atoms with E-state index in [2.05, 4.69) is 21.7 Å². The number of rotatable bonds is 9. The molecule has 0 bridgehead atoms. The normalized spacial score (nSPS) is 11.9. The molecule has 1 heterocycles. The average Bonchev–Trinajstić information content (AvgIpc) is 2.83. The molecule has 0 aliphatic heterocycles. The van der Waals surface area contributed by atoms with Gasteiger partial charge in [0.1, 0.15) is 6.07 Å². The van der Waals surface area contributed by atoms with Gasteiger partial charge in [0.2, 0.25) is 0 Å². The lowest BCUT2D eigenvalue weighted by Crippen LogP contribution is -2.40. The van der Waals surface area contributed by atoms with Crippen LogP contribution in [0.15, 0.2) is 72.9 Å². The molecule has 0 fully saturated rings. The highest BCUT2D eigenvalue weighted by atomic mass is 16.4. The summed E-state index contributed by atoms with van der Waals surface area (Å²) in [6.07, 6.45) is 4.03. The predicted octanol–water partition coefficient (Wildman–Crippen LogP) is 3.51. The van der Waals surface area contributed by atoms with Crippen LogP contribution in [0.4, 0.5) is 4.79 Å². The Balaban J connectivity index is 1.58. The first kappa shape index (κ1) is 24.7. The fourth-order valence-corrected chi connectivity index (χ4v) is 3.51. The number of aromatic nitrogens is 1. The number of hydrogen-bond acceptors (Lipinski definition) is 5. The molecule has 0 saturated heterocycles. The molecular weight excluding hydrogens is 427 g/mol. The summed E-state index contributed by atoms with van der Waals surface area (Å²) >= 11 is 0. The Morgan fingerprint density at radius 2 is 1.94 bits per heavy atom. The molecule has 3 rings (SSSR count). The Bertz CT molecular complexity index is 1160. The first-order valence-corrected chi connectivity index (χ1v) is 11.0. The minimum absolute atomic E-state index is 0.0115. The fraction of sp³-hybridized carbons (Fsp3) is 0.192. The Morgan fingerprint density at radius 1 is 1.15 bits per heavy atom. The van der Waals surface area contributed by atoms with E-state index < -0.39 is 13.2 Å². The number of benzene rings is 2. The number of carbonyl (C=O) groups excluding carboxylic acids is 1. The molecule has 0 spiro atoms. The SMILES string of the molecule is Cc1ccc([C@H](CB(O)O)NC(=O)NCCc2cccc(C=C(C#N)c3ccccn3)c2)cc1. The summed E-state index contributed by atoms with van der Waals surface area (Å²) in [4.78, 5) is 16.7. The number of nitrogens with zero attached hydrogens (tertiary/aromatic N) is 2. The molecule has 34 heavy (non-hydrogen) atoms. The van der Waals surface area contributed by atoms with Gasteiger partial charge in [-0.2, -0.15) is 5.26 Å². The smallest absolute Gasteiger partial charge is 0.427 e. The van der Waals surface area contributed by atoms with E-state index in [-0.39, 0.29) is 12.4 Å². The summed E-state index contributed by atoms with van der Waals surface area (Å²) in [5.74, 6) is 0. The van der Waals surface area contributed by atoms with E-state index in [0.717, 1.165) is 22.3 Å². The largest absolute Gasteiger partial charge is 0.453 e. The first-order chi connectivity index (χ1) is 16.4. The number of nitrogens with one attached hydrogen (secondary N) is 2. The molecule has 0 aliphatic rings. The van der Waals surface area contributed by atoms with Gasteiger partial charge >= 0.3 is 13.1 Å². The van der Waals surface area contributed by atoms with Crippen LogP contribution < -0.4 is 10.6 Å². The zero-order valence-corrected chi connectivity index (χ0v) is 19.0. The molecule has 2 aromatic carbocycles. The van der Waals surface area contributed by atoms with Crippen molar-refractivity contribution in [1.82, 2.24) is 15.6 Å². The van der Waals surface area contributed by atoms with Gasteiger partial charge in [0.15, 0.2) is 0 Å². The highest BCUT2D eigenvalue weighted by Crippen LogP contribution is 2.19. The Kier molecular flexibility index (Phi) is 8.98. The summed E-state index contributed by atoms with van der Waals surface area (Å²) in [7, 11) is -1.54. The van der Waals surface area contributed by atoms with E-state index in [1.54, 1.807) is 24.4 Å². The standard InChI is InChI=1S/C26H27BN4O3/c1-19-8-10-22(11-9-19)25(17-27(33)34)31-26(32)30-14-12-20-5-4-6-21(15-20)16-23(18-28)24-7-2-3-13-29-24/h2-11,13,15-16,25,33-34H,12,14,17H2,1H3,(H2,30,31,32)/t25-/m0/s1. The van der Waals surface area contributed by atoms with E-state index in [9.17, 15) is 20.1 Å². The zero-order chi connectivity index (χ0) is 24.3. The number of nitriles is 1. The van der Waals surface area contributed by atoms with Crippen molar-refractivity contribution < 1.29 is 14.8 Å². The molecule has 1 aromatic heterocycles. The van der Waals surface area contributed by atoms with Crippen LogP contribution in [0.2, 0.25) is 6.32 Å². The number of pyridine rings is 1. The summed E-state index contributed by atoms with van der Waals surface area (Å²) in [5, 5.41) is 33.9. The van der Waals surface area contributed by atoms with Gasteiger partial charge in [-0.3, -0.25) is 4.98 Å². The van der Waals surface area contributed by atoms with Crippen LogP contribution in [-0.4, -0.2) is 34.7 Å². The molecule has 3 aromatic rings. The maximum atomic E-state index is 12.4. The molecule has 172 valence electrons. The van der Waals surface area contributed by atoms with Crippen molar-refractivity contribution in [2.24, 2.45) is 0 Å². The van der Waals surface area contributed by atoms with Gasteiger partial charge in [0.25, 0.3) is 0 Å². The number of urea groups is 1. The van der Waals surface area contributed by atoms with Crippen LogP contribution in [0.3, 0.4) is 0 Å². The quantitative estimate of drug-likeness (QED) is 0.292. The lowest BCUT2D eigenvalue weighted by atomic mass is 9.79. The van der Waals surface area contributed by atoms with Crippen molar-refractivity contribution in [3.63, 3.8) is 0 Å². The number of carbonyl (C=O) groups is 1. The van der Waals surface area contributed by atoms with E-state index in [4.69, 9.17) is 0 Å². The minimum atomic E-state index is -1.54. The number of hydrogen-bond donors (Lipinski definition) is 4. The van der Waals surface area contributed by atoms with Crippen LogP contribution in [0.25, 0.3) is 11.6 Å². The molecule has 7 nitrogen and oxygen atoms in total. The molecule has 8 heteroatoms. The molecule has 1 atom stereocenters. The van der Waals surface area contributed by atoms with Crippen molar-refractivity contribution in [2.75, 3.05) is 6.54 Å². The molecule has 0 unspecified atom stereocenters. The van der Waals surface area contributed by atoms with E-state index in [1.165, 1.54) is 0 Å². The van der Waals surface area contributed by atoms with Crippen molar-refractivity contribution in [2.45, 2.75) is 25.7 Å². The van der Waals surface area contributed by atoms with Crippen LogP contribution in [0.1, 0.15) is 34.0 Å². The fourth-order valence-electron chi connectivity index (χ4n) is 3.51. The monoisotopic (exact) mass is 454 g/mol. The molecule has 0 aliphatic carbocycles. The third-order valence-corrected chi connectivity index (χ3v) is 5.25. The summed E-state index contributed by atoms with van der Waals surface area (Å²) in [6, 6.07) is 22.0. The van der Waals surface area contributed by atoms with Crippen LogP contribution in [-0.2, 0) is 6.42 Å². The lowest BCUT2D eigenvalue weighted by molar-refractivity contribution is 0.237. The third-order valence-electron chi connectivity index (χ3n) is 5.25. The second-order valence-corrected chi connectivity index (χ2v) is 7.96. The summed E-state index contributed by atoms with van der Waals surface area (Å²) < 4.78 is 0. The van der Waals surface area contributed by atoms with Crippen molar-refractivity contribution in [1.29, 1.82) is 5.26 Å². The van der Waals surface area contributed by atoms with Gasteiger partial charge in [0, 0.05) is 19.1 Å². The van der Waals surface area contributed by atoms with Crippen LogP contribution in [0, 0.1) is 18.3 Å².